The molecule has 0 saturated heterocycles. The van der Waals surface area contributed by atoms with Crippen LogP contribution in [0.4, 0.5) is 10.5 Å². The third kappa shape index (κ3) is 5.38. The molecule has 0 saturated carbocycles. The number of benzene rings is 2. The van der Waals surface area contributed by atoms with Gasteiger partial charge < -0.3 is 9.64 Å². The van der Waals surface area contributed by atoms with Crippen LogP contribution in [0.15, 0.2) is 71.3 Å². The molecular weight excluding hydrogens is 451 g/mol. The minimum atomic E-state index is -0.542. The monoisotopic (exact) mass is 470 g/mol. The predicted molar refractivity (Wildman–Crippen MR) is 125 cm³/mol. The summed E-state index contributed by atoms with van der Waals surface area (Å²) in [7, 11) is 1.61. The van der Waals surface area contributed by atoms with Crippen LogP contribution in [-0.2, 0) is 4.74 Å². The number of halogens is 2. The second kappa shape index (κ2) is 10.7. The summed E-state index contributed by atoms with van der Waals surface area (Å²) < 4.78 is 5.18. The zero-order valence-corrected chi connectivity index (χ0v) is 18.7. The molecule has 0 radical (unpaired) electrons. The van der Waals surface area contributed by atoms with E-state index in [1.54, 1.807) is 37.4 Å². The molecule has 8 nitrogen and oxygen atoms in total. The first-order valence-corrected chi connectivity index (χ1v) is 10.3. The number of amides is 1. The Bertz CT molecular complexity index is 1100. The van der Waals surface area contributed by atoms with Gasteiger partial charge in [-0.25, -0.2) is 14.8 Å². The number of nitriles is 1. The summed E-state index contributed by atoms with van der Waals surface area (Å²) in [5, 5.41) is 18.7. The molecule has 1 heterocycles. The van der Waals surface area contributed by atoms with Crippen molar-refractivity contribution in [3.63, 3.8) is 0 Å². The lowest BCUT2D eigenvalue weighted by atomic mass is 10.0. The number of rotatable bonds is 5. The molecule has 164 valence electrons. The first-order valence-electron chi connectivity index (χ1n) is 9.55. The summed E-state index contributed by atoms with van der Waals surface area (Å²) in [6.07, 6.45) is 2.83. The number of carbonyl (C=O) groups excluding carboxylic acids is 1. The lowest BCUT2D eigenvalue weighted by Crippen LogP contribution is -2.46. The maximum absolute atomic E-state index is 12.5. The molecule has 32 heavy (non-hydrogen) atoms. The fourth-order valence-corrected chi connectivity index (χ4v) is 3.32. The van der Waals surface area contributed by atoms with E-state index in [2.05, 4.69) is 22.0 Å². The van der Waals surface area contributed by atoms with Crippen LogP contribution in [0.25, 0.3) is 0 Å². The zero-order valence-electron chi connectivity index (χ0n) is 17.2. The molecule has 3 rings (SSSR count). The zero-order chi connectivity index (χ0) is 23.1. The van der Waals surface area contributed by atoms with Crippen LogP contribution in [0.5, 0.6) is 0 Å². The lowest BCUT2D eigenvalue weighted by Gasteiger charge is -2.25. The molecule has 1 amide bonds. The standard InChI is InChI=1S/C22H20Cl2N6O2/c1-3-11-32-22(31)29(2)19-13-30(21(26-14-25)27-16-7-5-4-6-8-16)28-20(19)15-9-10-17(23)18(24)12-15/h3-10,12,19H,1,11,13H2,2H3,(H,26,27). The van der Waals surface area contributed by atoms with Crippen molar-refractivity contribution in [2.24, 2.45) is 10.1 Å². The summed E-state index contributed by atoms with van der Waals surface area (Å²) >= 11 is 12.3. The Balaban J connectivity index is 2.00. The number of nitrogens with one attached hydrogen (secondary N) is 1. The van der Waals surface area contributed by atoms with Gasteiger partial charge in [0.1, 0.15) is 6.61 Å². The molecule has 0 aromatic heterocycles. The molecule has 0 spiro atoms. The van der Waals surface area contributed by atoms with E-state index in [-0.39, 0.29) is 19.1 Å². The summed E-state index contributed by atoms with van der Waals surface area (Å²) in [5.74, 6) is 0.214. The van der Waals surface area contributed by atoms with Crippen molar-refractivity contribution in [2.45, 2.75) is 6.04 Å². The van der Waals surface area contributed by atoms with Gasteiger partial charge in [-0.05, 0) is 24.3 Å². The summed E-state index contributed by atoms with van der Waals surface area (Å²) in [6.45, 7) is 3.87. The van der Waals surface area contributed by atoms with Crippen LogP contribution in [0.3, 0.4) is 0 Å². The largest absolute Gasteiger partial charge is 0.445 e. The van der Waals surface area contributed by atoms with E-state index in [1.807, 2.05) is 24.4 Å². The van der Waals surface area contributed by atoms with E-state index in [9.17, 15) is 10.1 Å². The van der Waals surface area contributed by atoms with Gasteiger partial charge in [-0.15, -0.1) is 0 Å². The number of aliphatic imine (C=N–C) groups is 1. The van der Waals surface area contributed by atoms with Crippen LogP contribution < -0.4 is 5.32 Å². The van der Waals surface area contributed by atoms with E-state index in [0.717, 1.165) is 0 Å². The van der Waals surface area contributed by atoms with Crippen molar-refractivity contribution in [1.82, 2.24) is 15.2 Å². The van der Waals surface area contributed by atoms with Gasteiger partial charge in [-0.3, -0.25) is 5.32 Å². The second-order valence-corrected chi connectivity index (χ2v) is 7.51. The number of carbonyl (C=O) groups is 1. The Morgan fingerprint density at radius 2 is 2.12 bits per heavy atom. The minimum absolute atomic E-state index is 0.0789. The van der Waals surface area contributed by atoms with Crippen LogP contribution in [0.2, 0.25) is 10.0 Å². The summed E-state index contributed by atoms with van der Waals surface area (Å²) in [6, 6.07) is 13.7. The molecule has 0 aliphatic carbocycles. The van der Waals surface area contributed by atoms with E-state index >= 15 is 0 Å². The Morgan fingerprint density at radius 1 is 1.38 bits per heavy atom. The Morgan fingerprint density at radius 3 is 2.78 bits per heavy atom. The maximum atomic E-state index is 12.5. The highest BCUT2D eigenvalue weighted by Crippen LogP contribution is 2.26. The van der Waals surface area contributed by atoms with E-state index in [4.69, 9.17) is 27.9 Å². The SMILES string of the molecule is C=CCOC(=O)N(C)C1CN(C(=Nc2ccccc2)NC#N)N=C1c1ccc(Cl)c(Cl)c1. The normalized spacial score (nSPS) is 15.6. The number of guanidine groups is 1. The predicted octanol–water partition coefficient (Wildman–Crippen LogP) is 4.39. The first-order chi connectivity index (χ1) is 15.4. The summed E-state index contributed by atoms with van der Waals surface area (Å²) in [4.78, 5) is 18.4. The molecular formula is C22H20Cl2N6O2. The number of ether oxygens (including phenoxy) is 1. The molecule has 1 N–H and O–H groups in total. The molecule has 1 atom stereocenters. The van der Waals surface area contributed by atoms with Crippen LogP contribution in [0.1, 0.15) is 5.56 Å². The van der Waals surface area contributed by atoms with Gasteiger partial charge in [0.2, 0.25) is 5.96 Å². The minimum Gasteiger partial charge on any atom is -0.445 e. The van der Waals surface area contributed by atoms with E-state index < -0.39 is 12.1 Å². The van der Waals surface area contributed by atoms with Gasteiger partial charge in [-0.1, -0.05) is 60.1 Å². The van der Waals surface area contributed by atoms with Crippen molar-refractivity contribution in [2.75, 3.05) is 20.2 Å². The van der Waals surface area contributed by atoms with Crippen molar-refractivity contribution in [3.8, 4) is 6.19 Å². The second-order valence-electron chi connectivity index (χ2n) is 6.70. The number of hydrogen-bond acceptors (Lipinski definition) is 5. The average Bonchev–Trinajstić information content (AvgIpc) is 3.24. The molecule has 2 aromatic rings. The first kappa shape index (κ1) is 23.1. The number of nitrogens with zero attached hydrogens (tertiary/aromatic N) is 5. The van der Waals surface area contributed by atoms with Gasteiger partial charge >= 0.3 is 6.09 Å². The number of hydrazone groups is 1. The molecule has 1 aliphatic heterocycles. The van der Waals surface area contributed by atoms with Gasteiger partial charge in [0, 0.05) is 12.6 Å². The van der Waals surface area contributed by atoms with Gasteiger partial charge in [-0.2, -0.15) is 10.4 Å². The quantitative estimate of drug-likeness (QED) is 0.230. The van der Waals surface area contributed by atoms with Crippen molar-refractivity contribution < 1.29 is 9.53 Å². The fraction of sp³-hybridized carbons (Fsp3) is 0.182. The van der Waals surface area contributed by atoms with Gasteiger partial charge in [0.25, 0.3) is 0 Å². The summed E-state index contributed by atoms with van der Waals surface area (Å²) in [5.41, 5.74) is 1.85. The van der Waals surface area contributed by atoms with Gasteiger partial charge in [0.05, 0.1) is 34.0 Å². The maximum Gasteiger partial charge on any atom is 0.410 e. The smallest absolute Gasteiger partial charge is 0.410 e. The van der Waals surface area contributed by atoms with Crippen LogP contribution in [-0.4, -0.2) is 53.9 Å². The van der Waals surface area contributed by atoms with Crippen molar-refractivity contribution >= 4 is 46.7 Å². The van der Waals surface area contributed by atoms with Crippen molar-refractivity contribution in [1.29, 1.82) is 5.26 Å². The Hall–Kier alpha value is -3.54. The van der Waals surface area contributed by atoms with E-state index in [1.165, 1.54) is 16.0 Å². The molecule has 1 unspecified atom stereocenters. The molecule has 10 heteroatoms. The molecule has 0 fully saturated rings. The number of hydrogen-bond donors (Lipinski definition) is 1. The average molecular weight is 471 g/mol. The highest BCUT2D eigenvalue weighted by Gasteiger charge is 2.36. The number of likely N-dealkylation sites (N-methyl/N-ethyl adjacent to an activating group) is 1. The van der Waals surface area contributed by atoms with Crippen LogP contribution in [0, 0.1) is 11.5 Å². The molecule has 2 aromatic carbocycles. The Labute approximate surface area is 196 Å². The Kier molecular flexibility index (Phi) is 7.71. The third-order valence-electron chi connectivity index (χ3n) is 4.59. The number of para-hydroxylation sites is 1. The van der Waals surface area contributed by atoms with E-state index in [0.29, 0.717) is 27.0 Å². The molecule has 1 aliphatic rings. The highest BCUT2D eigenvalue weighted by molar-refractivity contribution is 6.42. The molecule has 0 bridgehead atoms. The van der Waals surface area contributed by atoms with Gasteiger partial charge in [0.15, 0.2) is 6.19 Å². The third-order valence-corrected chi connectivity index (χ3v) is 5.33. The van der Waals surface area contributed by atoms with Crippen LogP contribution >= 0.6 is 23.2 Å². The highest BCUT2D eigenvalue weighted by atomic mass is 35.5. The topological polar surface area (TPSA) is 93.3 Å². The van der Waals surface area contributed by atoms with Crippen molar-refractivity contribution in [3.05, 3.63) is 76.8 Å². The lowest BCUT2D eigenvalue weighted by molar-refractivity contribution is 0.115. The fourth-order valence-electron chi connectivity index (χ4n) is 3.02.